The SMILES string of the molecule is CC1(Sc2ccccn2)CC1. The maximum absolute atomic E-state index is 4.27. The van der Waals surface area contributed by atoms with Crippen LogP contribution in [0.25, 0.3) is 0 Å². The molecule has 0 saturated heterocycles. The third-order valence-corrected chi connectivity index (χ3v) is 3.29. The van der Waals surface area contributed by atoms with Gasteiger partial charge in [0, 0.05) is 10.9 Å². The molecule has 0 bridgehead atoms. The first kappa shape index (κ1) is 7.17. The van der Waals surface area contributed by atoms with Crippen LogP contribution >= 0.6 is 11.8 Å². The normalized spacial score (nSPS) is 19.7. The maximum Gasteiger partial charge on any atom is 0.0965 e. The van der Waals surface area contributed by atoms with Gasteiger partial charge in [0.25, 0.3) is 0 Å². The van der Waals surface area contributed by atoms with Crippen LogP contribution in [0.1, 0.15) is 19.8 Å². The molecular weight excluding hydrogens is 154 g/mol. The molecule has 1 aliphatic rings. The Morgan fingerprint density at radius 3 is 2.82 bits per heavy atom. The lowest BCUT2D eigenvalue weighted by Crippen LogP contribution is -1.93. The van der Waals surface area contributed by atoms with E-state index in [4.69, 9.17) is 0 Å². The Hall–Kier alpha value is -0.500. The summed E-state index contributed by atoms with van der Waals surface area (Å²) in [5, 5.41) is 1.16. The smallest absolute Gasteiger partial charge is 0.0965 e. The molecule has 1 nitrogen and oxygen atoms in total. The summed E-state index contributed by atoms with van der Waals surface area (Å²) in [6, 6.07) is 6.08. The van der Waals surface area contributed by atoms with Gasteiger partial charge in [0.1, 0.15) is 0 Å². The predicted molar refractivity (Wildman–Crippen MR) is 47.7 cm³/mol. The second kappa shape index (κ2) is 2.52. The molecule has 11 heavy (non-hydrogen) atoms. The zero-order valence-electron chi connectivity index (χ0n) is 6.58. The quantitative estimate of drug-likeness (QED) is 0.668. The number of hydrogen-bond donors (Lipinski definition) is 0. The van der Waals surface area contributed by atoms with Crippen molar-refractivity contribution in [3.63, 3.8) is 0 Å². The monoisotopic (exact) mass is 165 g/mol. The van der Waals surface area contributed by atoms with Gasteiger partial charge in [0.05, 0.1) is 5.03 Å². The highest BCUT2D eigenvalue weighted by molar-refractivity contribution is 8.00. The second-order valence-electron chi connectivity index (χ2n) is 3.22. The lowest BCUT2D eigenvalue weighted by molar-refractivity contribution is 1.03. The number of rotatable bonds is 2. The number of thioether (sulfide) groups is 1. The summed E-state index contributed by atoms with van der Waals surface area (Å²) in [4.78, 5) is 4.27. The van der Waals surface area contributed by atoms with Crippen molar-refractivity contribution in [1.29, 1.82) is 0 Å². The molecule has 0 spiro atoms. The molecule has 0 unspecified atom stereocenters. The van der Waals surface area contributed by atoms with Crippen LogP contribution in [0.3, 0.4) is 0 Å². The van der Waals surface area contributed by atoms with E-state index in [0.717, 1.165) is 5.03 Å². The van der Waals surface area contributed by atoms with Gasteiger partial charge < -0.3 is 0 Å². The van der Waals surface area contributed by atoms with Crippen molar-refractivity contribution in [3.8, 4) is 0 Å². The first-order chi connectivity index (χ1) is 5.29. The molecule has 1 fully saturated rings. The average Bonchev–Trinajstić information content (AvgIpc) is 2.70. The Bertz CT molecular complexity index is 241. The zero-order chi connectivity index (χ0) is 7.73. The molecule has 1 aromatic heterocycles. The van der Waals surface area contributed by atoms with Crippen molar-refractivity contribution in [2.45, 2.75) is 29.5 Å². The van der Waals surface area contributed by atoms with Crippen LogP contribution in [0, 0.1) is 0 Å². The van der Waals surface area contributed by atoms with Crippen molar-refractivity contribution in [3.05, 3.63) is 24.4 Å². The van der Waals surface area contributed by atoms with Gasteiger partial charge in [-0.05, 0) is 25.0 Å². The number of hydrogen-bond acceptors (Lipinski definition) is 2. The average molecular weight is 165 g/mol. The van der Waals surface area contributed by atoms with Gasteiger partial charge in [-0.15, -0.1) is 0 Å². The minimum atomic E-state index is 0.508. The van der Waals surface area contributed by atoms with E-state index in [-0.39, 0.29) is 0 Å². The van der Waals surface area contributed by atoms with E-state index in [1.54, 1.807) is 0 Å². The molecule has 0 aliphatic heterocycles. The highest BCUT2D eigenvalue weighted by atomic mass is 32.2. The summed E-state index contributed by atoms with van der Waals surface area (Å²) in [6.45, 7) is 2.30. The molecule has 0 aromatic carbocycles. The summed E-state index contributed by atoms with van der Waals surface area (Å²) in [5.41, 5.74) is 0. The van der Waals surface area contributed by atoms with Gasteiger partial charge in [-0.2, -0.15) is 0 Å². The number of nitrogens with zero attached hydrogens (tertiary/aromatic N) is 1. The van der Waals surface area contributed by atoms with Gasteiger partial charge >= 0.3 is 0 Å². The van der Waals surface area contributed by atoms with Crippen molar-refractivity contribution in [2.75, 3.05) is 0 Å². The fraction of sp³-hybridized carbons (Fsp3) is 0.444. The van der Waals surface area contributed by atoms with Gasteiger partial charge in [-0.3, -0.25) is 0 Å². The zero-order valence-corrected chi connectivity index (χ0v) is 7.40. The molecule has 0 atom stereocenters. The second-order valence-corrected chi connectivity index (χ2v) is 4.83. The van der Waals surface area contributed by atoms with Crippen molar-refractivity contribution < 1.29 is 0 Å². The van der Waals surface area contributed by atoms with Crippen LogP contribution in [0.15, 0.2) is 29.4 Å². The van der Waals surface area contributed by atoms with Crippen LogP contribution in [0.5, 0.6) is 0 Å². The van der Waals surface area contributed by atoms with E-state index in [0.29, 0.717) is 4.75 Å². The molecule has 0 radical (unpaired) electrons. The summed E-state index contributed by atoms with van der Waals surface area (Å²) in [5.74, 6) is 0. The molecule has 1 aliphatic carbocycles. The van der Waals surface area contributed by atoms with Gasteiger partial charge in [0.15, 0.2) is 0 Å². The van der Waals surface area contributed by atoms with Crippen LogP contribution in [-0.4, -0.2) is 9.73 Å². The summed E-state index contributed by atoms with van der Waals surface area (Å²) in [6.07, 6.45) is 4.54. The molecule has 0 amide bonds. The topological polar surface area (TPSA) is 12.9 Å². The minimum absolute atomic E-state index is 0.508. The summed E-state index contributed by atoms with van der Waals surface area (Å²) >= 11 is 1.90. The molecule has 2 heteroatoms. The molecule has 1 heterocycles. The third kappa shape index (κ3) is 1.74. The Morgan fingerprint density at radius 2 is 2.27 bits per heavy atom. The first-order valence-electron chi connectivity index (χ1n) is 3.89. The van der Waals surface area contributed by atoms with Crippen LogP contribution in [-0.2, 0) is 0 Å². The Morgan fingerprint density at radius 1 is 1.45 bits per heavy atom. The van der Waals surface area contributed by atoms with E-state index in [2.05, 4.69) is 18.0 Å². The van der Waals surface area contributed by atoms with E-state index >= 15 is 0 Å². The van der Waals surface area contributed by atoms with E-state index in [9.17, 15) is 0 Å². The van der Waals surface area contributed by atoms with Crippen LogP contribution in [0.4, 0.5) is 0 Å². The predicted octanol–water partition coefficient (Wildman–Crippen LogP) is 2.73. The fourth-order valence-corrected chi connectivity index (χ4v) is 2.01. The molecule has 1 aromatic rings. The van der Waals surface area contributed by atoms with Gasteiger partial charge in [-0.1, -0.05) is 24.8 Å². The number of aromatic nitrogens is 1. The Kier molecular flexibility index (Phi) is 1.64. The lowest BCUT2D eigenvalue weighted by atomic mass is 10.5. The van der Waals surface area contributed by atoms with Crippen LogP contribution in [0.2, 0.25) is 0 Å². The lowest BCUT2D eigenvalue weighted by Gasteiger charge is -2.04. The molecule has 2 rings (SSSR count). The molecule has 0 N–H and O–H groups in total. The van der Waals surface area contributed by atoms with Crippen LogP contribution < -0.4 is 0 Å². The molecule has 58 valence electrons. The van der Waals surface area contributed by atoms with E-state index in [1.165, 1.54) is 12.8 Å². The Balaban J connectivity index is 2.07. The summed E-state index contributed by atoms with van der Waals surface area (Å²) < 4.78 is 0.508. The maximum atomic E-state index is 4.27. The highest BCUT2D eigenvalue weighted by Crippen LogP contribution is 2.50. The number of pyridine rings is 1. The molecular formula is C9H11NS. The Labute approximate surface area is 71.2 Å². The van der Waals surface area contributed by atoms with E-state index < -0.39 is 0 Å². The largest absolute Gasteiger partial charge is 0.250 e. The van der Waals surface area contributed by atoms with Crippen molar-refractivity contribution in [1.82, 2.24) is 4.98 Å². The highest BCUT2D eigenvalue weighted by Gasteiger charge is 2.38. The fourth-order valence-electron chi connectivity index (χ4n) is 0.938. The van der Waals surface area contributed by atoms with Crippen molar-refractivity contribution in [2.24, 2.45) is 0 Å². The van der Waals surface area contributed by atoms with Gasteiger partial charge in [-0.25, -0.2) is 4.98 Å². The minimum Gasteiger partial charge on any atom is -0.250 e. The van der Waals surface area contributed by atoms with Crippen molar-refractivity contribution >= 4 is 11.8 Å². The standard InChI is InChI=1S/C9H11NS/c1-9(5-6-9)11-8-4-2-3-7-10-8/h2-4,7H,5-6H2,1H3. The first-order valence-corrected chi connectivity index (χ1v) is 4.70. The third-order valence-electron chi connectivity index (χ3n) is 1.94. The molecule has 1 saturated carbocycles. The summed E-state index contributed by atoms with van der Waals surface area (Å²) in [7, 11) is 0. The van der Waals surface area contributed by atoms with E-state index in [1.807, 2.05) is 30.1 Å². The van der Waals surface area contributed by atoms with Gasteiger partial charge in [0.2, 0.25) is 0 Å².